The van der Waals surface area contributed by atoms with Gasteiger partial charge in [-0.25, -0.2) is 0 Å². The molecule has 0 aromatic heterocycles. The molecule has 5 nitrogen and oxygen atoms in total. The van der Waals surface area contributed by atoms with Crippen molar-refractivity contribution in [3.63, 3.8) is 0 Å². The van der Waals surface area contributed by atoms with Crippen molar-refractivity contribution in [1.29, 1.82) is 0 Å². The SMILES string of the molecule is CCC1(CNc2cccc(NC)c2[N+](=O)[O-])CC1. The van der Waals surface area contributed by atoms with Gasteiger partial charge in [-0.05, 0) is 36.8 Å². The molecule has 0 bridgehead atoms. The van der Waals surface area contributed by atoms with Gasteiger partial charge in [-0.1, -0.05) is 13.0 Å². The Morgan fingerprint density at radius 2 is 2.06 bits per heavy atom. The molecule has 1 fully saturated rings. The highest BCUT2D eigenvalue weighted by atomic mass is 16.6. The monoisotopic (exact) mass is 249 g/mol. The molecule has 0 heterocycles. The second kappa shape index (κ2) is 4.84. The van der Waals surface area contributed by atoms with E-state index in [-0.39, 0.29) is 10.6 Å². The summed E-state index contributed by atoms with van der Waals surface area (Å²) >= 11 is 0. The first-order valence-electron chi connectivity index (χ1n) is 6.31. The maximum Gasteiger partial charge on any atom is 0.315 e. The number of nitrogens with zero attached hydrogens (tertiary/aromatic N) is 1. The van der Waals surface area contributed by atoms with E-state index in [2.05, 4.69) is 17.6 Å². The molecule has 1 aliphatic carbocycles. The van der Waals surface area contributed by atoms with E-state index in [0.717, 1.165) is 13.0 Å². The summed E-state index contributed by atoms with van der Waals surface area (Å²) < 4.78 is 0. The van der Waals surface area contributed by atoms with E-state index >= 15 is 0 Å². The van der Waals surface area contributed by atoms with Gasteiger partial charge in [0.05, 0.1) is 4.92 Å². The third kappa shape index (κ3) is 2.39. The first-order chi connectivity index (χ1) is 8.62. The molecule has 98 valence electrons. The highest BCUT2D eigenvalue weighted by Gasteiger charge is 2.40. The van der Waals surface area contributed by atoms with Gasteiger partial charge >= 0.3 is 5.69 Å². The Balaban J connectivity index is 2.19. The number of anilines is 2. The normalized spacial score (nSPS) is 16.1. The van der Waals surface area contributed by atoms with Crippen LogP contribution in [0.15, 0.2) is 18.2 Å². The first-order valence-corrected chi connectivity index (χ1v) is 6.31. The second-order valence-corrected chi connectivity index (χ2v) is 4.92. The number of benzene rings is 1. The minimum absolute atomic E-state index is 0.131. The predicted octanol–water partition coefficient (Wildman–Crippen LogP) is 3.24. The van der Waals surface area contributed by atoms with Crippen molar-refractivity contribution in [1.82, 2.24) is 0 Å². The Labute approximate surface area is 107 Å². The number of hydrogen-bond donors (Lipinski definition) is 2. The molecule has 0 unspecified atom stereocenters. The maximum absolute atomic E-state index is 11.1. The van der Waals surface area contributed by atoms with Crippen molar-refractivity contribution in [2.45, 2.75) is 26.2 Å². The molecular formula is C13H19N3O2. The number of nitro groups is 1. The average Bonchev–Trinajstić information content (AvgIpc) is 3.16. The van der Waals surface area contributed by atoms with Crippen molar-refractivity contribution in [3.05, 3.63) is 28.3 Å². The third-order valence-corrected chi connectivity index (χ3v) is 3.85. The number of rotatable bonds is 6. The van der Waals surface area contributed by atoms with E-state index in [9.17, 15) is 10.1 Å². The number of nitrogens with one attached hydrogen (secondary N) is 2. The molecular weight excluding hydrogens is 230 g/mol. The van der Waals surface area contributed by atoms with Crippen molar-refractivity contribution in [2.24, 2.45) is 5.41 Å². The molecule has 1 aromatic carbocycles. The van der Waals surface area contributed by atoms with E-state index in [0.29, 0.717) is 16.8 Å². The number of para-hydroxylation sites is 1. The minimum Gasteiger partial charge on any atom is -0.382 e. The first kappa shape index (κ1) is 12.7. The summed E-state index contributed by atoms with van der Waals surface area (Å²) in [4.78, 5) is 10.8. The molecule has 0 aliphatic heterocycles. The molecule has 2 rings (SSSR count). The van der Waals surface area contributed by atoms with Crippen LogP contribution >= 0.6 is 0 Å². The summed E-state index contributed by atoms with van der Waals surface area (Å²) in [6.45, 7) is 2.99. The van der Waals surface area contributed by atoms with Crippen LogP contribution in [0.1, 0.15) is 26.2 Å². The summed E-state index contributed by atoms with van der Waals surface area (Å²) in [5.74, 6) is 0. The van der Waals surface area contributed by atoms with Gasteiger partial charge < -0.3 is 10.6 Å². The van der Waals surface area contributed by atoms with Crippen molar-refractivity contribution in [3.8, 4) is 0 Å². The van der Waals surface area contributed by atoms with E-state index < -0.39 is 0 Å². The summed E-state index contributed by atoms with van der Waals surface area (Å²) in [5, 5.41) is 17.2. The van der Waals surface area contributed by atoms with Crippen LogP contribution in [0.5, 0.6) is 0 Å². The lowest BCUT2D eigenvalue weighted by Gasteiger charge is -2.15. The zero-order valence-electron chi connectivity index (χ0n) is 10.8. The molecule has 0 atom stereocenters. The van der Waals surface area contributed by atoms with Gasteiger partial charge in [-0.3, -0.25) is 10.1 Å². The summed E-state index contributed by atoms with van der Waals surface area (Å²) in [6.07, 6.45) is 3.56. The molecule has 1 saturated carbocycles. The fourth-order valence-electron chi connectivity index (χ4n) is 2.20. The quantitative estimate of drug-likeness (QED) is 0.600. The van der Waals surface area contributed by atoms with Gasteiger partial charge in [0.2, 0.25) is 0 Å². The summed E-state index contributed by atoms with van der Waals surface area (Å²) in [7, 11) is 1.69. The Bertz CT molecular complexity index is 456. The molecule has 2 N–H and O–H groups in total. The third-order valence-electron chi connectivity index (χ3n) is 3.85. The molecule has 18 heavy (non-hydrogen) atoms. The van der Waals surface area contributed by atoms with E-state index in [1.54, 1.807) is 19.2 Å². The summed E-state index contributed by atoms with van der Waals surface area (Å²) in [5.41, 5.74) is 1.65. The van der Waals surface area contributed by atoms with E-state index in [1.807, 2.05) is 6.07 Å². The zero-order chi connectivity index (χ0) is 13.2. The number of nitro benzene ring substituents is 1. The van der Waals surface area contributed by atoms with E-state index in [4.69, 9.17) is 0 Å². The molecule has 5 heteroatoms. The fraction of sp³-hybridized carbons (Fsp3) is 0.538. The smallest absolute Gasteiger partial charge is 0.315 e. The van der Waals surface area contributed by atoms with Crippen LogP contribution in [0, 0.1) is 15.5 Å². The van der Waals surface area contributed by atoms with Crippen molar-refractivity contribution >= 4 is 17.1 Å². The van der Waals surface area contributed by atoms with Crippen LogP contribution in [0.25, 0.3) is 0 Å². The van der Waals surface area contributed by atoms with Crippen LogP contribution in [0.4, 0.5) is 17.1 Å². The molecule has 1 aliphatic rings. The van der Waals surface area contributed by atoms with Gasteiger partial charge in [0, 0.05) is 13.6 Å². The number of hydrogen-bond acceptors (Lipinski definition) is 4. The zero-order valence-corrected chi connectivity index (χ0v) is 10.8. The van der Waals surface area contributed by atoms with Crippen LogP contribution in [0.3, 0.4) is 0 Å². The average molecular weight is 249 g/mol. The standard InChI is InChI=1S/C13H19N3O2/c1-3-13(7-8-13)9-15-11-6-4-5-10(14-2)12(11)16(17)18/h4-6,14-15H,3,7-9H2,1-2H3. The van der Waals surface area contributed by atoms with Gasteiger partial charge in [0.1, 0.15) is 11.4 Å². The van der Waals surface area contributed by atoms with Crippen LogP contribution in [-0.4, -0.2) is 18.5 Å². The van der Waals surface area contributed by atoms with Crippen molar-refractivity contribution in [2.75, 3.05) is 24.2 Å². The highest BCUT2D eigenvalue weighted by molar-refractivity contribution is 5.76. The van der Waals surface area contributed by atoms with Crippen molar-refractivity contribution < 1.29 is 4.92 Å². The molecule has 0 amide bonds. The van der Waals surface area contributed by atoms with Gasteiger partial charge in [0.25, 0.3) is 0 Å². The highest BCUT2D eigenvalue weighted by Crippen LogP contribution is 2.49. The summed E-state index contributed by atoms with van der Waals surface area (Å²) in [6, 6.07) is 5.31. The van der Waals surface area contributed by atoms with Gasteiger partial charge in [-0.15, -0.1) is 0 Å². The molecule has 0 spiro atoms. The van der Waals surface area contributed by atoms with Crippen LogP contribution in [0.2, 0.25) is 0 Å². The minimum atomic E-state index is -0.334. The van der Waals surface area contributed by atoms with Gasteiger partial charge in [-0.2, -0.15) is 0 Å². The van der Waals surface area contributed by atoms with Crippen LogP contribution in [-0.2, 0) is 0 Å². The molecule has 1 aromatic rings. The topological polar surface area (TPSA) is 67.2 Å². The van der Waals surface area contributed by atoms with Gasteiger partial charge in [0.15, 0.2) is 0 Å². The molecule has 0 radical (unpaired) electrons. The lowest BCUT2D eigenvalue weighted by Crippen LogP contribution is -2.15. The maximum atomic E-state index is 11.1. The molecule has 0 saturated heterocycles. The lowest BCUT2D eigenvalue weighted by molar-refractivity contribution is -0.383. The fourth-order valence-corrected chi connectivity index (χ4v) is 2.20. The predicted molar refractivity (Wildman–Crippen MR) is 73.1 cm³/mol. The largest absolute Gasteiger partial charge is 0.382 e. The Morgan fingerprint density at radius 1 is 1.39 bits per heavy atom. The van der Waals surface area contributed by atoms with Crippen LogP contribution < -0.4 is 10.6 Å². The Hall–Kier alpha value is -1.78. The second-order valence-electron chi connectivity index (χ2n) is 4.92. The van der Waals surface area contributed by atoms with E-state index in [1.165, 1.54) is 12.8 Å². The lowest BCUT2D eigenvalue weighted by atomic mass is 10.0. The Kier molecular flexibility index (Phi) is 3.41. The Morgan fingerprint density at radius 3 is 2.56 bits per heavy atom.